The van der Waals surface area contributed by atoms with E-state index in [4.69, 9.17) is 9.84 Å². The number of aliphatic hydroxyl groups excluding tert-OH is 1. The second kappa shape index (κ2) is 7.64. The molecule has 4 nitrogen and oxygen atoms in total. The number of aliphatic hydroxyl groups is 1. The molecule has 110 valence electrons. The Morgan fingerprint density at radius 1 is 1.25 bits per heavy atom. The fourth-order valence-corrected chi connectivity index (χ4v) is 2.85. The van der Waals surface area contributed by atoms with E-state index in [-0.39, 0.29) is 19.1 Å². The fourth-order valence-electron chi connectivity index (χ4n) is 2.31. The number of ether oxygens (including phenoxy) is 1. The highest BCUT2D eigenvalue weighted by Gasteiger charge is 2.16. The van der Waals surface area contributed by atoms with Gasteiger partial charge in [-0.1, -0.05) is 18.9 Å². The number of carbonyl (C=O) groups excluding carboxylic acids is 1. The number of hydrogen-bond donors (Lipinski definition) is 1. The van der Waals surface area contributed by atoms with E-state index in [9.17, 15) is 4.79 Å². The van der Waals surface area contributed by atoms with E-state index < -0.39 is 0 Å². The van der Waals surface area contributed by atoms with Gasteiger partial charge in [0.15, 0.2) is 6.61 Å². The summed E-state index contributed by atoms with van der Waals surface area (Å²) in [6.45, 7) is 1.74. The minimum Gasteiger partial charge on any atom is -0.483 e. The maximum absolute atomic E-state index is 12.1. The van der Waals surface area contributed by atoms with Crippen molar-refractivity contribution in [3.8, 4) is 5.75 Å². The van der Waals surface area contributed by atoms with Crippen molar-refractivity contribution in [2.24, 2.45) is 0 Å². The molecule has 1 aromatic rings. The smallest absolute Gasteiger partial charge is 0.260 e. The Bertz CT molecular complexity index is 456. The molecule has 0 radical (unpaired) electrons. The first-order chi connectivity index (χ1) is 9.70. The van der Waals surface area contributed by atoms with Gasteiger partial charge in [-0.15, -0.1) is 0 Å². The van der Waals surface area contributed by atoms with Crippen LogP contribution in [0.15, 0.2) is 22.7 Å². The van der Waals surface area contributed by atoms with Crippen LogP contribution in [0, 0.1) is 0 Å². The number of amides is 1. The van der Waals surface area contributed by atoms with E-state index in [0.717, 1.165) is 36.0 Å². The van der Waals surface area contributed by atoms with Crippen molar-refractivity contribution in [2.75, 3.05) is 19.7 Å². The quantitative estimate of drug-likeness (QED) is 0.915. The van der Waals surface area contributed by atoms with Crippen molar-refractivity contribution in [2.45, 2.75) is 32.3 Å². The lowest BCUT2D eigenvalue weighted by Gasteiger charge is -2.20. The average Bonchev–Trinajstić information content (AvgIpc) is 2.74. The molecular formula is C15H20BrNO3. The number of likely N-dealkylation sites (tertiary alicyclic amines) is 1. The molecule has 1 N–H and O–H groups in total. The van der Waals surface area contributed by atoms with Crippen molar-refractivity contribution in [3.63, 3.8) is 0 Å². The molecule has 0 aliphatic carbocycles. The number of carbonyl (C=O) groups is 1. The van der Waals surface area contributed by atoms with Crippen LogP contribution >= 0.6 is 15.9 Å². The molecule has 1 saturated heterocycles. The van der Waals surface area contributed by atoms with Crippen LogP contribution in [0.3, 0.4) is 0 Å². The number of hydrogen-bond acceptors (Lipinski definition) is 3. The van der Waals surface area contributed by atoms with E-state index in [2.05, 4.69) is 15.9 Å². The molecule has 1 fully saturated rings. The summed E-state index contributed by atoms with van der Waals surface area (Å²) in [4.78, 5) is 14.0. The van der Waals surface area contributed by atoms with Gasteiger partial charge < -0.3 is 14.7 Å². The zero-order valence-corrected chi connectivity index (χ0v) is 13.1. The molecule has 20 heavy (non-hydrogen) atoms. The van der Waals surface area contributed by atoms with Crippen LogP contribution in [-0.4, -0.2) is 35.6 Å². The molecule has 1 aromatic carbocycles. The van der Waals surface area contributed by atoms with Crippen LogP contribution in [0.1, 0.15) is 31.2 Å². The summed E-state index contributed by atoms with van der Waals surface area (Å²) < 4.78 is 6.33. The second-order valence-electron chi connectivity index (χ2n) is 5.01. The summed E-state index contributed by atoms with van der Waals surface area (Å²) in [5.74, 6) is 0.676. The molecule has 5 heteroatoms. The largest absolute Gasteiger partial charge is 0.483 e. The molecule has 0 saturated carbocycles. The van der Waals surface area contributed by atoms with Gasteiger partial charge in [-0.05, 0) is 46.5 Å². The van der Waals surface area contributed by atoms with E-state index in [1.165, 1.54) is 12.8 Å². The van der Waals surface area contributed by atoms with Crippen LogP contribution in [0.5, 0.6) is 5.75 Å². The Morgan fingerprint density at radius 2 is 1.95 bits per heavy atom. The van der Waals surface area contributed by atoms with Crippen molar-refractivity contribution in [3.05, 3.63) is 28.2 Å². The highest BCUT2D eigenvalue weighted by molar-refractivity contribution is 9.10. The Kier molecular flexibility index (Phi) is 5.86. The first-order valence-electron chi connectivity index (χ1n) is 7.00. The summed E-state index contributed by atoms with van der Waals surface area (Å²) in [5.41, 5.74) is 0.808. The molecule has 1 aliphatic heterocycles. The predicted octanol–water partition coefficient (Wildman–Crippen LogP) is 2.72. The van der Waals surface area contributed by atoms with Crippen molar-refractivity contribution in [1.82, 2.24) is 4.90 Å². The standard InChI is InChI=1S/C15H20BrNO3/c16-13-9-12(10-18)5-6-14(13)20-11-15(19)17-7-3-1-2-4-8-17/h5-6,9,18H,1-4,7-8,10-11H2. The first kappa shape index (κ1) is 15.3. The van der Waals surface area contributed by atoms with E-state index >= 15 is 0 Å². The molecule has 1 heterocycles. The highest BCUT2D eigenvalue weighted by atomic mass is 79.9. The lowest BCUT2D eigenvalue weighted by molar-refractivity contribution is -0.133. The third kappa shape index (κ3) is 4.21. The summed E-state index contributed by atoms with van der Waals surface area (Å²) in [6, 6.07) is 5.35. The highest BCUT2D eigenvalue weighted by Crippen LogP contribution is 2.26. The number of rotatable bonds is 4. The number of benzene rings is 1. The van der Waals surface area contributed by atoms with Gasteiger partial charge in [-0.3, -0.25) is 4.79 Å². The SMILES string of the molecule is O=C(COc1ccc(CO)cc1Br)N1CCCCCC1. The molecule has 1 aliphatic rings. The third-order valence-corrected chi connectivity index (χ3v) is 4.11. The zero-order chi connectivity index (χ0) is 14.4. The van der Waals surface area contributed by atoms with Crippen LogP contribution in [0.4, 0.5) is 0 Å². The van der Waals surface area contributed by atoms with Gasteiger partial charge in [0.1, 0.15) is 5.75 Å². The van der Waals surface area contributed by atoms with Crippen molar-refractivity contribution >= 4 is 21.8 Å². The van der Waals surface area contributed by atoms with Gasteiger partial charge in [0.25, 0.3) is 5.91 Å². The second-order valence-corrected chi connectivity index (χ2v) is 5.86. The molecule has 2 rings (SSSR count). The number of nitrogens with zero attached hydrogens (tertiary/aromatic N) is 1. The predicted molar refractivity (Wildman–Crippen MR) is 80.6 cm³/mol. The normalized spacial score (nSPS) is 15.8. The lowest BCUT2D eigenvalue weighted by Crippen LogP contribution is -2.35. The van der Waals surface area contributed by atoms with Gasteiger partial charge >= 0.3 is 0 Å². The molecule has 0 aromatic heterocycles. The third-order valence-electron chi connectivity index (χ3n) is 3.49. The maximum atomic E-state index is 12.1. The summed E-state index contributed by atoms with van der Waals surface area (Å²) in [7, 11) is 0. The van der Waals surface area contributed by atoms with Gasteiger partial charge in [-0.2, -0.15) is 0 Å². The van der Waals surface area contributed by atoms with Gasteiger partial charge in [-0.25, -0.2) is 0 Å². The molecule has 0 bridgehead atoms. The zero-order valence-electron chi connectivity index (χ0n) is 11.5. The lowest BCUT2D eigenvalue weighted by atomic mass is 10.2. The fraction of sp³-hybridized carbons (Fsp3) is 0.533. The van der Waals surface area contributed by atoms with E-state index in [1.54, 1.807) is 18.2 Å². The van der Waals surface area contributed by atoms with Crippen LogP contribution in [-0.2, 0) is 11.4 Å². The Hall–Kier alpha value is -1.07. The Morgan fingerprint density at radius 3 is 2.55 bits per heavy atom. The van der Waals surface area contributed by atoms with Gasteiger partial charge in [0.05, 0.1) is 11.1 Å². The van der Waals surface area contributed by atoms with E-state index in [1.807, 2.05) is 4.90 Å². The van der Waals surface area contributed by atoms with Gasteiger partial charge in [0, 0.05) is 13.1 Å². The minimum absolute atomic E-state index is 0.00834. The van der Waals surface area contributed by atoms with Crippen LogP contribution in [0.25, 0.3) is 0 Å². The molecular weight excluding hydrogens is 322 g/mol. The number of halogens is 1. The Labute approximate surface area is 127 Å². The monoisotopic (exact) mass is 341 g/mol. The van der Waals surface area contributed by atoms with Crippen molar-refractivity contribution < 1.29 is 14.6 Å². The molecule has 0 spiro atoms. The average molecular weight is 342 g/mol. The van der Waals surface area contributed by atoms with Gasteiger partial charge in [0.2, 0.25) is 0 Å². The first-order valence-corrected chi connectivity index (χ1v) is 7.80. The molecule has 0 unspecified atom stereocenters. The Balaban J connectivity index is 1.89. The van der Waals surface area contributed by atoms with Crippen LogP contribution in [0.2, 0.25) is 0 Å². The summed E-state index contributed by atoms with van der Waals surface area (Å²) in [6.07, 6.45) is 4.58. The van der Waals surface area contributed by atoms with Crippen molar-refractivity contribution in [1.29, 1.82) is 0 Å². The summed E-state index contributed by atoms with van der Waals surface area (Å²) in [5, 5.41) is 9.05. The molecule has 1 amide bonds. The van der Waals surface area contributed by atoms with Crippen LogP contribution < -0.4 is 4.74 Å². The van der Waals surface area contributed by atoms with E-state index in [0.29, 0.717) is 5.75 Å². The summed E-state index contributed by atoms with van der Waals surface area (Å²) >= 11 is 3.39. The minimum atomic E-state index is -0.00834. The molecule has 0 atom stereocenters. The maximum Gasteiger partial charge on any atom is 0.260 e. The topological polar surface area (TPSA) is 49.8 Å².